The molecule has 4 heteroatoms. The van der Waals surface area contributed by atoms with Crippen molar-refractivity contribution >= 4 is 18.3 Å². The van der Waals surface area contributed by atoms with Crippen LogP contribution in [0.2, 0.25) is 0 Å². The third-order valence-corrected chi connectivity index (χ3v) is 3.56. The molecule has 0 aromatic rings. The SMILES string of the molecule is CC(C)(C)C(=O)N1N=CC[C@H]1C1(C)C=NC=CC1. The van der Waals surface area contributed by atoms with Gasteiger partial charge >= 0.3 is 0 Å². The van der Waals surface area contributed by atoms with E-state index in [0.29, 0.717) is 0 Å². The molecule has 0 radical (unpaired) electrons. The molecule has 98 valence electrons. The van der Waals surface area contributed by atoms with Gasteiger partial charge in [-0.1, -0.05) is 33.8 Å². The van der Waals surface area contributed by atoms with Crippen molar-refractivity contribution in [3.05, 3.63) is 12.3 Å². The minimum Gasteiger partial charge on any atom is -0.272 e. The van der Waals surface area contributed by atoms with E-state index >= 15 is 0 Å². The number of hydrazone groups is 1. The van der Waals surface area contributed by atoms with Crippen LogP contribution in [0.5, 0.6) is 0 Å². The summed E-state index contributed by atoms with van der Waals surface area (Å²) in [4.78, 5) is 16.6. The quantitative estimate of drug-likeness (QED) is 0.702. The molecular formula is C14H21N3O. The van der Waals surface area contributed by atoms with Crippen molar-refractivity contribution in [3.63, 3.8) is 0 Å². The first-order chi connectivity index (χ1) is 8.34. The van der Waals surface area contributed by atoms with E-state index in [4.69, 9.17) is 0 Å². The van der Waals surface area contributed by atoms with Gasteiger partial charge in [0.15, 0.2) is 0 Å². The van der Waals surface area contributed by atoms with Crippen LogP contribution in [0.4, 0.5) is 0 Å². The third kappa shape index (κ3) is 2.24. The van der Waals surface area contributed by atoms with Gasteiger partial charge < -0.3 is 0 Å². The zero-order valence-electron chi connectivity index (χ0n) is 11.6. The number of rotatable bonds is 1. The number of aliphatic imine (C=N–C) groups is 1. The molecule has 1 amide bonds. The fraction of sp³-hybridized carbons (Fsp3) is 0.643. The summed E-state index contributed by atoms with van der Waals surface area (Å²) in [6.45, 7) is 7.93. The third-order valence-electron chi connectivity index (χ3n) is 3.56. The lowest BCUT2D eigenvalue weighted by molar-refractivity contribution is -0.142. The van der Waals surface area contributed by atoms with Gasteiger partial charge in [0.05, 0.1) is 6.04 Å². The fourth-order valence-electron chi connectivity index (χ4n) is 2.36. The van der Waals surface area contributed by atoms with Crippen LogP contribution in [0.3, 0.4) is 0 Å². The molecule has 1 unspecified atom stereocenters. The molecule has 0 saturated heterocycles. The lowest BCUT2D eigenvalue weighted by Crippen LogP contribution is -2.48. The van der Waals surface area contributed by atoms with Crippen LogP contribution in [-0.2, 0) is 4.79 Å². The maximum absolute atomic E-state index is 12.4. The van der Waals surface area contributed by atoms with Gasteiger partial charge in [0.1, 0.15) is 0 Å². The lowest BCUT2D eigenvalue weighted by atomic mass is 9.77. The molecule has 0 spiro atoms. The van der Waals surface area contributed by atoms with E-state index in [9.17, 15) is 4.79 Å². The van der Waals surface area contributed by atoms with Crippen molar-refractivity contribution in [2.24, 2.45) is 20.9 Å². The number of hydrogen-bond acceptors (Lipinski definition) is 3. The molecule has 0 saturated carbocycles. The standard InChI is InChI=1S/C14H21N3O/c1-13(2,3)12(18)17-11(6-9-16-17)14(4)7-5-8-15-10-14/h5,8-11H,6-7H2,1-4H3/t11-,14?/m0/s1. The number of amides is 1. The van der Waals surface area contributed by atoms with Crippen LogP contribution >= 0.6 is 0 Å². The summed E-state index contributed by atoms with van der Waals surface area (Å²) >= 11 is 0. The topological polar surface area (TPSA) is 45.0 Å². The molecular weight excluding hydrogens is 226 g/mol. The monoisotopic (exact) mass is 247 g/mol. The second-order valence-electron chi connectivity index (χ2n) is 6.32. The van der Waals surface area contributed by atoms with Gasteiger partial charge in [-0.2, -0.15) is 5.10 Å². The maximum atomic E-state index is 12.4. The van der Waals surface area contributed by atoms with Gasteiger partial charge in [-0.3, -0.25) is 9.79 Å². The molecule has 2 aliphatic rings. The molecule has 0 aliphatic carbocycles. The highest BCUT2D eigenvalue weighted by Gasteiger charge is 2.43. The first-order valence-electron chi connectivity index (χ1n) is 6.40. The Morgan fingerprint density at radius 3 is 2.72 bits per heavy atom. The molecule has 2 heterocycles. The fourth-order valence-corrected chi connectivity index (χ4v) is 2.36. The van der Waals surface area contributed by atoms with E-state index < -0.39 is 5.41 Å². The summed E-state index contributed by atoms with van der Waals surface area (Å²) in [6, 6.07) is 0.0814. The molecule has 0 bridgehead atoms. The number of nitrogens with zero attached hydrogens (tertiary/aromatic N) is 3. The smallest absolute Gasteiger partial charge is 0.248 e. The number of carbonyl (C=O) groups is 1. The Labute approximate surface area is 108 Å². The second kappa shape index (κ2) is 4.34. The van der Waals surface area contributed by atoms with Gasteiger partial charge in [-0.15, -0.1) is 0 Å². The van der Waals surface area contributed by atoms with Crippen LogP contribution in [0.1, 0.15) is 40.5 Å². The van der Waals surface area contributed by atoms with E-state index in [1.54, 1.807) is 5.01 Å². The predicted molar refractivity (Wildman–Crippen MR) is 73.6 cm³/mol. The van der Waals surface area contributed by atoms with Crippen molar-refractivity contribution in [2.75, 3.05) is 0 Å². The predicted octanol–water partition coefficient (Wildman–Crippen LogP) is 2.61. The molecule has 18 heavy (non-hydrogen) atoms. The van der Waals surface area contributed by atoms with Crippen molar-refractivity contribution in [1.29, 1.82) is 0 Å². The van der Waals surface area contributed by atoms with Crippen LogP contribution in [0.25, 0.3) is 0 Å². The van der Waals surface area contributed by atoms with Crippen LogP contribution in [0, 0.1) is 10.8 Å². The summed E-state index contributed by atoms with van der Waals surface area (Å²) in [7, 11) is 0. The Bertz CT molecular complexity index is 431. The van der Waals surface area contributed by atoms with E-state index in [1.165, 1.54) is 0 Å². The molecule has 4 nitrogen and oxygen atoms in total. The average molecular weight is 247 g/mol. The highest BCUT2D eigenvalue weighted by molar-refractivity contribution is 5.85. The molecule has 2 atom stereocenters. The summed E-state index contributed by atoms with van der Waals surface area (Å²) in [5, 5.41) is 5.93. The van der Waals surface area contributed by atoms with Crippen molar-refractivity contribution < 1.29 is 4.79 Å². The van der Waals surface area contributed by atoms with Crippen molar-refractivity contribution in [2.45, 2.75) is 46.6 Å². The van der Waals surface area contributed by atoms with Gasteiger partial charge in [-0.25, -0.2) is 5.01 Å². The number of carbonyl (C=O) groups excluding carboxylic acids is 1. The molecule has 2 aliphatic heterocycles. The molecule has 0 fully saturated rings. The van der Waals surface area contributed by atoms with E-state index in [1.807, 2.05) is 39.4 Å². The van der Waals surface area contributed by atoms with Gasteiger partial charge in [0.2, 0.25) is 5.91 Å². The molecule has 0 N–H and O–H groups in total. The zero-order valence-corrected chi connectivity index (χ0v) is 11.6. The van der Waals surface area contributed by atoms with Crippen molar-refractivity contribution in [3.8, 4) is 0 Å². The van der Waals surface area contributed by atoms with E-state index in [-0.39, 0.29) is 17.4 Å². The molecule has 2 rings (SSSR count). The van der Waals surface area contributed by atoms with Gasteiger partial charge in [0.25, 0.3) is 0 Å². The second-order valence-corrected chi connectivity index (χ2v) is 6.32. The Kier molecular flexibility index (Phi) is 3.13. The highest BCUT2D eigenvalue weighted by Crippen LogP contribution is 2.36. The summed E-state index contributed by atoms with van der Waals surface area (Å²) in [5.74, 6) is 0.0745. The Balaban J connectivity index is 2.22. The largest absolute Gasteiger partial charge is 0.272 e. The molecule has 0 aromatic carbocycles. The van der Waals surface area contributed by atoms with Crippen LogP contribution in [0.15, 0.2) is 22.4 Å². The Morgan fingerprint density at radius 1 is 1.44 bits per heavy atom. The van der Waals surface area contributed by atoms with E-state index in [0.717, 1.165) is 12.8 Å². The average Bonchev–Trinajstić information content (AvgIpc) is 2.77. The minimum absolute atomic E-state index is 0.0745. The zero-order chi connectivity index (χ0) is 13.4. The van der Waals surface area contributed by atoms with Crippen LogP contribution in [-0.4, -0.2) is 29.4 Å². The summed E-state index contributed by atoms with van der Waals surface area (Å²) < 4.78 is 0. The lowest BCUT2D eigenvalue weighted by Gasteiger charge is -2.38. The summed E-state index contributed by atoms with van der Waals surface area (Å²) in [6.07, 6.45) is 9.36. The highest BCUT2D eigenvalue weighted by atomic mass is 16.2. The van der Waals surface area contributed by atoms with Gasteiger partial charge in [-0.05, 0) is 6.42 Å². The van der Waals surface area contributed by atoms with Gasteiger partial charge in [0, 0.05) is 35.9 Å². The first-order valence-corrected chi connectivity index (χ1v) is 6.40. The summed E-state index contributed by atoms with van der Waals surface area (Å²) in [5.41, 5.74) is -0.524. The molecule has 0 aromatic heterocycles. The first kappa shape index (κ1) is 13.0. The maximum Gasteiger partial charge on any atom is 0.248 e. The van der Waals surface area contributed by atoms with Crippen molar-refractivity contribution in [1.82, 2.24) is 5.01 Å². The number of allylic oxidation sites excluding steroid dienone is 1. The van der Waals surface area contributed by atoms with Crippen LogP contribution < -0.4 is 0 Å². The normalized spacial score (nSPS) is 31.1. The minimum atomic E-state index is -0.405. The number of hydrogen-bond donors (Lipinski definition) is 0. The Hall–Kier alpha value is -1.45. The Morgan fingerprint density at radius 2 is 2.17 bits per heavy atom. The van der Waals surface area contributed by atoms with E-state index in [2.05, 4.69) is 23.1 Å².